The Hall–Kier alpha value is -2.89. The number of amides is 1. The van der Waals surface area contributed by atoms with Crippen molar-refractivity contribution in [2.75, 3.05) is 25.5 Å². The third-order valence-electron chi connectivity index (χ3n) is 3.86. The molecule has 0 atom stereocenters. The van der Waals surface area contributed by atoms with Gasteiger partial charge in [-0.25, -0.2) is 9.78 Å². The quantitative estimate of drug-likeness (QED) is 0.728. The number of hydrogen-bond acceptors (Lipinski definition) is 5. The van der Waals surface area contributed by atoms with E-state index in [2.05, 4.69) is 17.2 Å². The molecule has 1 heterocycles. The number of esters is 1. The molecule has 0 aliphatic heterocycles. The van der Waals surface area contributed by atoms with Crippen LogP contribution in [0.25, 0.3) is 0 Å². The monoisotopic (exact) mass is 355 g/mol. The Morgan fingerprint density at radius 3 is 2.35 bits per heavy atom. The first-order valence-corrected chi connectivity index (χ1v) is 8.80. The Morgan fingerprint density at radius 2 is 1.77 bits per heavy atom. The van der Waals surface area contributed by atoms with Gasteiger partial charge in [0.25, 0.3) is 5.91 Å². The molecule has 0 saturated heterocycles. The summed E-state index contributed by atoms with van der Waals surface area (Å²) in [7, 11) is 1.79. The number of nitrogens with one attached hydrogen (secondary N) is 1. The molecule has 2 rings (SSSR count). The average Bonchev–Trinajstić information content (AvgIpc) is 2.67. The molecule has 0 unspecified atom stereocenters. The highest BCUT2D eigenvalue weighted by Gasteiger charge is 2.12. The maximum absolute atomic E-state index is 12.3. The first-order valence-electron chi connectivity index (χ1n) is 8.80. The molecule has 6 nitrogen and oxygen atoms in total. The van der Waals surface area contributed by atoms with Crippen LogP contribution >= 0.6 is 0 Å². The van der Waals surface area contributed by atoms with Crippen LogP contribution in [0.15, 0.2) is 42.6 Å². The molecule has 1 N–H and O–H groups in total. The molecule has 0 fully saturated rings. The summed E-state index contributed by atoms with van der Waals surface area (Å²) in [6.07, 6.45) is 3.65. The maximum Gasteiger partial charge on any atom is 0.338 e. The molecular formula is C20H25N3O3. The second-order valence-electron chi connectivity index (χ2n) is 5.94. The minimum absolute atomic E-state index is 0.0798. The van der Waals surface area contributed by atoms with E-state index < -0.39 is 0 Å². The minimum Gasteiger partial charge on any atom is -0.462 e. The summed E-state index contributed by atoms with van der Waals surface area (Å²) in [6, 6.07) is 10.5. The van der Waals surface area contributed by atoms with Crippen LogP contribution in [0.3, 0.4) is 0 Å². The van der Waals surface area contributed by atoms with Gasteiger partial charge in [0, 0.05) is 19.3 Å². The van der Waals surface area contributed by atoms with Crippen molar-refractivity contribution in [2.45, 2.75) is 26.7 Å². The van der Waals surface area contributed by atoms with Crippen molar-refractivity contribution >= 4 is 23.3 Å². The first kappa shape index (κ1) is 19.4. The molecule has 0 bridgehead atoms. The third kappa shape index (κ3) is 5.31. The van der Waals surface area contributed by atoms with Crippen molar-refractivity contribution in [1.82, 2.24) is 9.88 Å². The Kier molecular flexibility index (Phi) is 7.14. The summed E-state index contributed by atoms with van der Waals surface area (Å²) in [5.41, 5.74) is 2.51. The average molecular weight is 355 g/mol. The molecule has 0 spiro atoms. The molecule has 1 aromatic carbocycles. The topological polar surface area (TPSA) is 71.5 Å². The van der Waals surface area contributed by atoms with Gasteiger partial charge < -0.3 is 15.0 Å². The number of carbonyl (C=O) groups is 2. The van der Waals surface area contributed by atoms with Crippen molar-refractivity contribution in [3.63, 3.8) is 0 Å². The van der Waals surface area contributed by atoms with Crippen LogP contribution in [0.2, 0.25) is 0 Å². The van der Waals surface area contributed by atoms with Gasteiger partial charge in [0.2, 0.25) is 0 Å². The number of unbranched alkanes of at least 4 members (excludes halogenated alkanes) is 1. The van der Waals surface area contributed by atoms with Crippen LogP contribution in [0, 0.1) is 0 Å². The predicted molar refractivity (Wildman–Crippen MR) is 102 cm³/mol. The molecular weight excluding hydrogens is 330 g/mol. The Morgan fingerprint density at radius 1 is 1.08 bits per heavy atom. The second kappa shape index (κ2) is 9.56. The van der Waals surface area contributed by atoms with Crippen LogP contribution in [0.4, 0.5) is 11.4 Å². The maximum atomic E-state index is 12.3. The largest absolute Gasteiger partial charge is 0.462 e. The number of pyridine rings is 1. The van der Waals surface area contributed by atoms with Gasteiger partial charge in [0.1, 0.15) is 5.69 Å². The summed E-state index contributed by atoms with van der Waals surface area (Å²) in [6.45, 7) is 4.94. The molecule has 0 saturated carbocycles. The zero-order valence-electron chi connectivity index (χ0n) is 15.5. The molecule has 26 heavy (non-hydrogen) atoms. The number of carbonyl (C=O) groups excluding carboxylic acids is 2. The number of benzene rings is 1. The Labute approximate surface area is 154 Å². The van der Waals surface area contributed by atoms with Gasteiger partial charge in [-0.15, -0.1) is 0 Å². The number of nitrogens with zero attached hydrogens (tertiary/aromatic N) is 2. The molecule has 6 heteroatoms. The van der Waals surface area contributed by atoms with Crippen LogP contribution in [0.1, 0.15) is 47.5 Å². The van der Waals surface area contributed by atoms with Crippen LogP contribution in [-0.2, 0) is 4.74 Å². The van der Waals surface area contributed by atoms with E-state index >= 15 is 0 Å². The summed E-state index contributed by atoms with van der Waals surface area (Å²) in [5.74, 6) is -0.417. The fourth-order valence-corrected chi connectivity index (χ4v) is 2.36. The Bertz CT molecular complexity index is 727. The molecule has 1 aromatic heterocycles. The van der Waals surface area contributed by atoms with Crippen molar-refractivity contribution < 1.29 is 14.3 Å². The highest BCUT2D eigenvalue weighted by atomic mass is 16.5. The van der Waals surface area contributed by atoms with Crippen molar-refractivity contribution in [3.05, 3.63) is 53.9 Å². The standard InChI is InChI=1S/C20H25N3O3/c1-4-6-13-23(3)19(24)18-12-11-17(14-21-18)22-16-9-7-15(8-10-16)20(25)26-5-2/h7-12,14,22H,4-6,13H2,1-3H3. The highest BCUT2D eigenvalue weighted by Crippen LogP contribution is 2.17. The first-order chi connectivity index (χ1) is 12.5. The van der Waals surface area contributed by atoms with Crippen LogP contribution < -0.4 is 5.32 Å². The number of aromatic nitrogens is 1. The third-order valence-corrected chi connectivity index (χ3v) is 3.86. The summed E-state index contributed by atoms with van der Waals surface area (Å²) < 4.78 is 4.96. The number of anilines is 2. The van der Waals surface area contributed by atoms with Crippen molar-refractivity contribution in [1.29, 1.82) is 0 Å². The SMILES string of the molecule is CCCCN(C)C(=O)c1ccc(Nc2ccc(C(=O)OCC)cc2)cn1. The fourth-order valence-electron chi connectivity index (χ4n) is 2.36. The smallest absolute Gasteiger partial charge is 0.338 e. The van der Waals surface area contributed by atoms with Crippen molar-refractivity contribution in [3.8, 4) is 0 Å². The normalized spacial score (nSPS) is 10.3. The predicted octanol–water partition coefficient (Wildman–Crippen LogP) is 3.87. The van der Waals surface area contributed by atoms with E-state index in [0.29, 0.717) is 17.9 Å². The van der Waals surface area contributed by atoms with E-state index in [1.54, 1.807) is 55.4 Å². The summed E-state index contributed by atoms with van der Waals surface area (Å²) in [5, 5.41) is 3.19. The lowest BCUT2D eigenvalue weighted by atomic mass is 10.2. The van der Waals surface area contributed by atoms with Gasteiger partial charge in [-0.1, -0.05) is 13.3 Å². The van der Waals surface area contributed by atoms with Gasteiger partial charge in [0.15, 0.2) is 0 Å². The molecule has 0 radical (unpaired) electrons. The molecule has 138 valence electrons. The van der Waals surface area contributed by atoms with E-state index in [0.717, 1.165) is 30.8 Å². The van der Waals surface area contributed by atoms with E-state index in [1.165, 1.54) is 0 Å². The number of ether oxygens (including phenoxy) is 1. The molecule has 0 aliphatic carbocycles. The lowest BCUT2D eigenvalue weighted by molar-refractivity contribution is 0.0526. The lowest BCUT2D eigenvalue weighted by Crippen LogP contribution is -2.28. The van der Waals surface area contributed by atoms with Gasteiger partial charge in [-0.05, 0) is 49.7 Å². The van der Waals surface area contributed by atoms with E-state index in [1.807, 2.05) is 6.07 Å². The molecule has 2 aromatic rings. The van der Waals surface area contributed by atoms with Gasteiger partial charge in [0.05, 0.1) is 24.1 Å². The molecule has 0 aliphatic rings. The fraction of sp³-hybridized carbons (Fsp3) is 0.350. The van der Waals surface area contributed by atoms with Crippen LogP contribution in [-0.4, -0.2) is 42.0 Å². The van der Waals surface area contributed by atoms with E-state index in [4.69, 9.17) is 4.74 Å². The van der Waals surface area contributed by atoms with Crippen molar-refractivity contribution in [2.24, 2.45) is 0 Å². The summed E-state index contributed by atoms with van der Waals surface area (Å²) in [4.78, 5) is 29.9. The zero-order valence-corrected chi connectivity index (χ0v) is 15.5. The van der Waals surface area contributed by atoms with E-state index in [-0.39, 0.29) is 11.9 Å². The number of rotatable bonds is 8. The molecule has 1 amide bonds. The minimum atomic E-state index is -0.337. The second-order valence-corrected chi connectivity index (χ2v) is 5.94. The highest BCUT2D eigenvalue weighted by molar-refractivity contribution is 5.92. The summed E-state index contributed by atoms with van der Waals surface area (Å²) >= 11 is 0. The Balaban J connectivity index is 1.98. The zero-order chi connectivity index (χ0) is 18.9. The van der Waals surface area contributed by atoms with Gasteiger partial charge in [-0.3, -0.25) is 4.79 Å². The number of hydrogen-bond donors (Lipinski definition) is 1. The van der Waals surface area contributed by atoms with Gasteiger partial charge in [-0.2, -0.15) is 0 Å². The van der Waals surface area contributed by atoms with Gasteiger partial charge >= 0.3 is 5.97 Å². The lowest BCUT2D eigenvalue weighted by Gasteiger charge is -2.16. The van der Waals surface area contributed by atoms with E-state index in [9.17, 15) is 9.59 Å². The van der Waals surface area contributed by atoms with Crippen LogP contribution in [0.5, 0.6) is 0 Å².